The van der Waals surface area contributed by atoms with Crippen LogP contribution in [0.1, 0.15) is 71.1 Å². The standard InChI is InChI=1S/C22H38O10/c1-2-3-4-5-6-7-8-9-10-11-12-15(13-17(25)26)21(30)32-22(31)20(29)19(28)18(27)16(24)14-23/h11-12,15-16,18-20,23-24,27-29H,2-10,13-14H2,1H3,(H,25,26)/t15?,16-,18-,19+,20-/m1/s1. The first kappa shape index (κ1) is 30.1. The van der Waals surface area contributed by atoms with Gasteiger partial charge < -0.3 is 35.4 Å². The second kappa shape index (κ2) is 17.7. The van der Waals surface area contributed by atoms with E-state index in [9.17, 15) is 34.8 Å². The molecule has 0 fully saturated rings. The fourth-order valence-electron chi connectivity index (χ4n) is 2.97. The number of carboxylic acids is 1. The number of aliphatic hydroxyl groups excluding tert-OH is 5. The predicted octanol–water partition coefficient (Wildman–Crippen LogP) is 0.670. The number of allylic oxidation sites excluding steroid dienone is 1. The molecule has 10 nitrogen and oxygen atoms in total. The van der Waals surface area contributed by atoms with Crippen molar-refractivity contribution in [2.75, 3.05) is 6.61 Å². The topological polar surface area (TPSA) is 182 Å². The molecule has 6 N–H and O–H groups in total. The first-order valence-corrected chi connectivity index (χ1v) is 11.1. The second-order valence-electron chi connectivity index (χ2n) is 7.81. The molecule has 0 amide bonds. The van der Waals surface area contributed by atoms with Gasteiger partial charge in [-0.25, -0.2) is 4.79 Å². The first-order chi connectivity index (χ1) is 15.1. The van der Waals surface area contributed by atoms with Crippen LogP contribution in [0.5, 0.6) is 0 Å². The highest BCUT2D eigenvalue weighted by Crippen LogP contribution is 2.14. The van der Waals surface area contributed by atoms with E-state index in [0.29, 0.717) is 6.42 Å². The van der Waals surface area contributed by atoms with Gasteiger partial charge in [-0.2, -0.15) is 0 Å². The molecule has 0 rings (SSSR count). The summed E-state index contributed by atoms with van der Waals surface area (Å²) in [6.45, 7) is 1.22. The van der Waals surface area contributed by atoms with Crippen LogP contribution in [0, 0.1) is 5.92 Å². The SMILES string of the molecule is CCCCCCCCCCC=CC(CC(=O)O)C(=O)OC(=O)[C@H](O)[C@@H](O)[C@H](O)[C@H](O)CO. The van der Waals surface area contributed by atoms with Crippen molar-refractivity contribution in [2.45, 2.75) is 95.5 Å². The lowest BCUT2D eigenvalue weighted by Crippen LogP contribution is -2.49. The number of aliphatic hydroxyl groups is 5. The molecule has 0 bridgehead atoms. The zero-order chi connectivity index (χ0) is 24.5. The van der Waals surface area contributed by atoms with Crippen molar-refractivity contribution in [2.24, 2.45) is 5.92 Å². The molecule has 0 aromatic heterocycles. The minimum Gasteiger partial charge on any atom is -0.481 e. The molecule has 0 heterocycles. The van der Waals surface area contributed by atoms with E-state index in [-0.39, 0.29) is 0 Å². The van der Waals surface area contributed by atoms with Crippen molar-refractivity contribution in [3.63, 3.8) is 0 Å². The lowest BCUT2D eigenvalue weighted by atomic mass is 10.0. The molecule has 0 saturated carbocycles. The third kappa shape index (κ3) is 12.9. The van der Waals surface area contributed by atoms with E-state index in [1.54, 1.807) is 6.08 Å². The second-order valence-corrected chi connectivity index (χ2v) is 7.81. The Morgan fingerprint density at radius 1 is 0.844 bits per heavy atom. The minimum atomic E-state index is -2.39. The maximum atomic E-state index is 12.2. The summed E-state index contributed by atoms with van der Waals surface area (Å²) in [4.78, 5) is 35.0. The van der Waals surface area contributed by atoms with Crippen LogP contribution in [-0.4, -0.2) is 79.6 Å². The molecule has 1 unspecified atom stereocenters. The number of carbonyl (C=O) groups is 3. The van der Waals surface area contributed by atoms with Crippen molar-refractivity contribution < 1.29 is 49.8 Å². The summed E-state index contributed by atoms with van der Waals surface area (Å²) in [5.41, 5.74) is 0. The van der Waals surface area contributed by atoms with E-state index in [2.05, 4.69) is 11.7 Å². The summed E-state index contributed by atoms with van der Waals surface area (Å²) in [5.74, 6) is -5.41. The lowest BCUT2D eigenvalue weighted by Gasteiger charge is -2.24. The van der Waals surface area contributed by atoms with Crippen molar-refractivity contribution in [1.29, 1.82) is 0 Å². The fraction of sp³-hybridized carbons (Fsp3) is 0.773. The number of hydrogen-bond acceptors (Lipinski definition) is 9. The van der Waals surface area contributed by atoms with E-state index in [0.717, 1.165) is 25.7 Å². The van der Waals surface area contributed by atoms with Gasteiger partial charge in [0.05, 0.1) is 18.9 Å². The highest BCUT2D eigenvalue weighted by atomic mass is 16.6. The quantitative estimate of drug-likeness (QED) is 0.0733. The molecule has 0 radical (unpaired) electrons. The third-order valence-electron chi connectivity index (χ3n) is 4.99. The van der Waals surface area contributed by atoms with E-state index in [1.807, 2.05) is 0 Å². The van der Waals surface area contributed by atoms with Gasteiger partial charge in [0.15, 0.2) is 6.10 Å². The number of rotatable bonds is 18. The van der Waals surface area contributed by atoms with Gasteiger partial charge in [0.25, 0.3) is 0 Å². The van der Waals surface area contributed by atoms with Crippen LogP contribution in [0.2, 0.25) is 0 Å². The zero-order valence-corrected chi connectivity index (χ0v) is 18.6. The van der Waals surface area contributed by atoms with Gasteiger partial charge in [-0.1, -0.05) is 64.0 Å². The summed E-state index contributed by atoms with van der Waals surface area (Å²) in [5, 5.41) is 55.9. The number of carbonyl (C=O) groups excluding carboxylic acids is 2. The van der Waals surface area contributed by atoms with E-state index in [1.165, 1.54) is 31.8 Å². The molecule has 0 aromatic carbocycles. The van der Waals surface area contributed by atoms with Crippen LogP contribution in [0.3, 0.4) is 0 Å². The maximum Gasteiger partial charge on any atom is 0.345 e. The Morgan fingerprint density at radius 2 is 1.41 bits per heavy atom. The highest BCUT2D eigenvalue weighted by molar-refractivity contribution is 5.91. The molecule has 0 aliphatic carbocycles. The van der Waals surface area contributed by atoms with Gasteiger partial charge in [-0.3, -0.25) is 9.59 Å². The molecule has 32 heavy (non-hydrogen) atoms. The summed E-state index contributed by atoms with van der Waals surface area (Å²) in [7, 11) is 0. The molecule has 186 valence electrons. The summed E-state index contributed by atoms with van der Waals surface area (Å²) in [6, 6.07) is 0. The molecule has 0 aromatic rings. The van der Waals surface area contributed by atoms with Crippen molar-refractivity contribution >= 4 is 17.9 Å². The number of esters is 2. The number of ether oxygens (including phenoxy) is 1. The average Bonchev–Trinajstić information content (AvgIpc) is 2.76. The maximum absolute atomic E-state index is 12.2. The molecule has 10 heteroatoms. The number of hydrogen-bond donors (Lipinski definition) is 6. The van der Waals surface area contributed by atoms with Crippen LogP contribution in [0.15, 0.2) is 12.2 Å². The zero-order valence-electron chi connectivity index (χ0n) is 18.6. The van der Waals surface area contributed by atoms with Crippen LogP contribution >= 0.6 is 0 Å². The van der Waals surface area contributed by atoms with E-state index < -0.39 is 61.3 Å². The van der Waals surface area contributed by atoms with Crippen LogP contribution in [0.25, 0.3) is 0 Å². The molecule has 0 spiro atoms. The first-order valence-electron chi connectivity index (χ1n) is 11.1. The van der Waals surface area contributed by atoms with Gasteiger partial charge in [0, 0.05) is 0 Å². The Hall–Kier alpha value is -1.85. The minimum absolute atomic E-state index is 0.624. The van der Waals surface area contributed by atoms with Gasteiger partial charge in [-0.15, -0.1) is 0 Å². The molecule has 5 atom stereocenters. The smallest absolute Gasteiger partial charge is 0.345 e. The molecular weight excluding hydrogens is 424 g/mol. The summed E-state index contributed by atoms with van der Waals surface area (Å²) in [6.07, 6.45) is 3.48. The third-order valence-corrected chi connectivity index (χ3v) is 4.99. The largest absolute Gasteiger partial charge is 0.481 e. The van der Waals surface area contributed by atoms with Gasteiger partial charge in [-0.05, 0) is 12.8 Å². The van der Waals surface area contributed by atoms with Crippen molar-refractivity contribution in [1.82, 2.24) is 0 Å². The van der Waals surface area contributed by atoms with E-state index >= 15 is 0 Å². The van der Waals surface area contributed by atoms with Crippen molar-refractivity contribution in [3.05, 3.63) is 12.2 Å². The Morgan fingerprint density at radius 3 is 1.94 bits per heavy atom. The Labute approximate surface area is 188 Å². The molecular formula is C22H38O10. The summed E-state index contributed by atoms with van der Waals surface area (Å²) >= 11 is 0. The normalized spacial score (nSPS) is 16.3. The van der Waals surface area contributed by atoms with Gasteiger partial charge in [0.1, 0.15) is 18.3 Å². The van der Waals surface area contributed by atoms with Gasteiger partial charge >= 0.3 is 17.9 Å². The number of aliphatic carboxylic acids is 1. The average molecular weight is 463 g/mol. The number of unbranched alkanes of at least 4 members (excludes halogenated alkanes) is 8. The Kier molecular flexibility index (Phi) is 16.7. The molecule has 0 aliphatic heterocycles. The van der Waals surface area contributed by atoms with Gasteiger partial charge in [0.2, 0.25) is 0 Å². The predicted molar refractivity (Wildman–Crippen MR) is 114 cm³/mol. The number of carboxylic acid groups (broad SMARTS) is 1. The summed E-state index contributed by atoms with van der Waals surface area (Å²) < 4.78 is 4.44. The van der Waals surface area contributed by atoms with Crippen LogP contribution in [0.4, 0.5) is 0 Å². The Bertz CT molecular complexity index is 577. The lowest BCUT2D eigenvalue weighted by molar-refractivity contribution is -0.178. The molecule has 0 saturated heterocycles. The van der Waals surface area contributed by atoms with Crippen LogP contribution < -0.4 is 0 Å². The molecule has 0 aliphatic rings. The monoisotopic (exact) mass is 462 g/mol. The van der Waals surface area contributed by atoms with Crippen molar-refractivity contribution in [3.8, 4) is 0 Å². The Balaban J connectivity index is 4.60. The highest BCUT2D eigenvalue weighted by Gasteiger charge is 2.37. The van der Waals surface area contributed by atoms with Crippen LogP contribution in [-0.2, 0) is 19.1 Å². The fourth-order valence-corrected chi connectivity index (χ4v) is 2.97. The van der Waals surface area contributed by atoms with E-state index in [4.69, 9.17) is 10.2 Å².